The number of likely N-dealkylation sites (tertiary alicyclic amines) is 1. The number of piperidine rings is 1. The Morgan fingerprint density at radius 2 is 1.79 bits per heavy atom. The minimum Gasteiger partial charge on any atom is -0.489 e. The van der Waals surface area contributed by atoms with Crippen molar-refractivity contribution in [3.63, 3.8) is 0 Å². The summed E-state index contributed by atoms with van der Waals surface area (Å²) in [6.07, 6.45) is 1.40. The molecule has 11 heteroatoms. The maximum absolute atomic E-state index is 13.0. The fraction of sp³-hybridized carbons (Fsp3) is 0.500. The van der Waals surface area contributed by atoms with Crippen LogP contribution >= 0.6 is 0 Å². The van der Waals surface area contributed by atoms with Gasteiger partial charge in [-0.25, -0.2) is 0 Å². The number of aromatic nitrogens is 1. The van der Waals surface area contributed by atoms with Gasteiger partial charge in [0.2, 0.25) is 11.8 Å². The van der Waals surface area contributed by atoms with Gasteiger partial charge in [-0.05, 0) is 61.1 Å². The van der Waals surface area contributed by atoms with Crippen molar-refractivity contribution in [2.24, 2.45) is 0 Å². The molecule has 1 N–H and O–H groups in total. The van der Waals surface area contributed by atoms with Crippen LogP contribution in [0.3, 0.4) is 0 Å². The number of amides is 3. The number of rotatable bonds is 5. The molecule has 1 saturated carbocycles. The molecule has 2 saturated heterocycles. The molecule has 1 aliphatic carbocycles. The van der Waals surface area contributed by atoms with E-state index in [1.807, 2.05) is 6.07 Å². The van der Waals surface area contributed by atoms with Gasteiger partial charge < -0.3 is 9.64 Å². The summed E-state index contributed by atoms with van der Waals surface area (Å²) in [5.41, 5.74) is 1.28. The van der Waals surface area contributed by atoms with E-state index in [9.17, 15) is 27.6 Å². The van der Waals surface area contributed by atoms with Gasteiger partial charge in [0.1, 0.15) is 23.6 Å². The molecule has 4 aliphatic rings. The molecular weight excluding hydrogens is 513 g/mol. The van der Waals surface area contributed by atoms with Crippen molar-refractivity contribution in [1.29, 1.82) is 0 Å². The summed E-state index contributed by atoms with van der Waals surface area (Å²) < 4.78 is 45.0. The molecule has 8 nitrogen and oxygen atoms in total. The Morgan fingerprint density at radius 1 is 1.00 bits per heavy atom. The van der Waals surface area contributed by atoms with Crippen LogP contribution in [0.25, 0.3) is 0 Å². The molecule has 2 aromatic rings. The van der Waals surface area contributed by atoms with Crippen LogP contribution in [-0.2, 0) is 22.3 Å². The molecule has 0 radical (unpaired) electrons. The van der Waals surface area contributed by atoms with Crippen LogP contribution in [-0.4, -0.2) is 63.8 Å². The van der Waals surface area contributed by atoms with Crippen LogP contribution in [0.4, 0.5) is 13.2 Å². The lowest BCUT2D eigenvalue weighted by molar-refractivity contribution is -0.141. The number of nitrogens with one attached hydrogen (secondary N) is 1. The van der Waals surface area contributed by atoms with E-state index in [2.05, 4.69) is 15.2 Å². The average molecular weight is 543 g/mol. The van der Waals surface area contributed by atoms with E-state index in [1.54, 1.807) is 12.1 Å². The van der Waals surface area contributed by atoms with Gasteiger partial charge in [0.15, 0.2) is 0 Å². The van der Waals surface area contributed by atoms with E-state index in [4.69, 9.17) is 4.74 Å². The van der Waals surface area contributed by atoms with E-state index in [1.165, 1.54) is 17.2 Å². The van der Waals surface area contributed by atoms with Crippen molar-refractivity contribution in [2.45, 2.75) is 75.4 Å². The zero-order chi connectivity index (χ0) is 27.3. The molecular formula is C28H29F3N4O4. The summed E-state index contributed by atoms with van der Waals surface area (Å²) in [5, 5.41) is 2.32. The standard InChI is InChI=1S/C28H29F3N4O4/c29-28(30,31)24-9-5-16(12-32-24)18-13-34(14-18)21-3-1-2-4-23(21)39-19-6-7-20-17(11-19)15-35(27(20)38)22-8-10-25(36)33-26(22)37/h5-7,9,11-12,18,21-23H,1-4,8,10,13-15H2,(H,33,36,37)/t21-,22-,23-/m0/s1. The Kier molecular flexibility index (Phi) is 6.57. The normalized spacial score (nSPS) is 26.3. The predicted octanol–water partition coefficient (Wildman–Crippen LogP) is 3.65. The van der Waals surface area contributed by atoms with Crippen LogP contribution in [0.2, 0.25) is 0 Å². The van der Waals surface area contributed by atoms with Crippen molar-refractivity contribution < 1.29 is 32.3 Å². The van der Waals surface area contributed by atoms with Crippen LogP contribution in [0.15, 0.2) is 36.5 Å². The summed E-state index contributed by atoms with van der Waals surface area (Å²) in [6.45, 7) is 1.79. The molecule has 3 aliphatic heterocycles. The number of pyridine rings is 1. The number of hydrogen-bond acceptors (Lipinski definition) is 6. The summed E-state index contributed by atoms with van der Waals surface area (Å²) >= 11 is 0. The van der Waals surface area contributed by atoms with Gasteiger partial charge in [-0.1, -0.05) is 12.5 Å². The topological polar surface area (TPSA) is 91.8 Å². The lowest BCUT2D eigenvalue weighted by Gasteiger charge is -2.48. The summed E-state index contributed by atoms with van der Waals surface area (Å²) in [5.74, 6) is -0.151. The molecule has 1 aromatic heterocycles. The molecule has 0 spiro atoms. The Bertz CT molecular complexity index is 1290. The van der Waals surface area contributed by atoms with Crippen molar-refractivity contribution >= 4 is 17.7 Å². The highest BCUT2D eigenvalue weighted by Gasteiger charge is 2.41. The molecule has 3 amide bonds. The van der Waals surface area contributed by atoms with E-state index < -0.39 is 23.8 Å². The highest BCUT2D eigenvalue weighted by Crippen LogP contribution is 2.37. The Balaban J connectivity index is 1.09. The molecule has 6 rings (SSSR count). The molecule has 4 heterocycles. The third-order valence-corrected chi connectivity index (χ3v) is 8.38. The Morgan fingerprint density at radius 3 is 2.51 bits per heavy atom. The zero-order valence-electron chi connectivity index (χ0n) is 21.2. The number of carbonyl (C=O) groups is 3. The van der Waals surface area contributed by atoms with Gasteiger partial charge in [0.25, 0.3) is 5.91 Å². The molecule has 0 bridgehead atoms. The first-order chi connectivity index (χ1) is 18.7. The lowest BCUT2D eigenvalue weighted by Crippen LogP contribution is -2.57. The minimum absolute atomic E-state index is 0.0353. The summed E-state index contributed by atoms with van der Waals surface area (Å²) in [6, 6.07) is 7.52. The largest absolute Gasteiger partial charge is 0.489 e. The smallest absolute Gasteiger partial charge is 0.433 e. The van der Waals surface area contributed by atoms with Crippen LogP contribution in [0.5, 0.6) is 5.75 Å². The average Bonchev–Trinajstić information content (AvgIpc) is 3.19. The number of nitrogens with zero attached hydrogens (tertiary/aromatic N) is 3. The molecule has 39 heavy (non-hydrogen) atoms. The first kappa shape index (κ1) is 25.8. The van der Waals surface area contributed by atoms with Crippen LogP contribution in [0, 0.1) is 0 Å². The number of hydrogen-bond donors (Lipinski definition) is 1. The number of carbonyl (C=O) groups excluding carboxylic acids is 3. The van der Waals surface area contributed by atoms with Crippen molar-refractivity contribution in [1.82, 2.24) is 20.1 Å². The maximum Gasteiger partial charge on any atom is 0.433 e. The zero-order valence-corrected chi connectivity index (χ0v) is 21.2. The second kappa shape index (κ2) is 9.93. The highest BCUT2D eigenvalue weighted by atomic mass is 19.4. The highest BCUT2D eigenvalue weighted by molar-refractivity contribution is 6.05. The molecule has 1 aromatic carbocycles. The first-order valence-electron chi connectivity index (χ1n) is 13.4. The minimum atomic E-state index is -4.44. The number of fused-ring (bicyclic) bond motifs is 1. The lowest BCUT2D eigenvalue weighted by atomic mass is 9.84. The van der Waals surface area contributed by atoms with E-state index in [0.717, 1.165) is 56.0 Å². The van der Waals surface area contributed by atoms with Crippen molar-refractivity contribution in [3.8, 4) is 5.75 Å². The number of halogens is 3. The number of ether oxygens (including phenoxy) is 1. The number of imide groups is 1. The fourth-order valence-electron chi connectivity index (χ4n) is 6.24. The van der Waals surface area contributed by atoms with Crippen molar-refractivity contribution in [3.05, 3.63) is 58.9 Å². The van der Waals surface area contributed by atoms with Gasteiger partial charge in [-0.2, -0.15) is 13.2 Å². The maximum atomic E-state index is 13.0. The quantitative estimate of drug-likeness (QED) is 0.580. The van der Waals surface area contributed by atoms with Gasteiger partial charge in [-0.3, -0.25) is 29.6 Å². The molecule has 0 unspecified atom stereocenters. The van der Waals surface area contributed by atoms with E-state index in [0.29, 0.717) is 24.3 Å². The van der Waals surface area contributed by atoms with Crippen LogP contribution < -0.4 is 10.1 Å². The monoisotopic (exact) mass is 542 g/mol. The van der Waals surface area contributed by atoms with Gasteiger partial charge in [0, 0.05) is 49.8 Å². The van der Waals surface area contributed by atoms with E-state index in [-0.39, 0.29) is 36.3 Å². The van der Waals surface area contributed by atoms with Gasteiger partial charge in [0.05, 0.1) is 0 Å². The Labute approximate surface area is 223 Å². The third-order valence-electron chi connectivity index (χ3n) is 8.38. The number of alkyl halides is 3. The van der Waals surface area contributed by atoms with Crippen LogP contribution in [0.1, 0.15) is 71.6 Å². The Hall–Kier alpha value is -3.47. The summed E-state index contributed by atoms with van der Waals surface area (Å²) in [4.78, 5) is 44.3. The first-order valence-corrected chi connectivity index (χ1v) is 13.4. The predicted molar refractivity (Wildman–Crippen MR) is 133 cm³/mol. The van der Waals surface area contributed by atoms with Gasteiger partial charge in [-0.15, -0.1) is 0 Å². The molecule has 206 valence electrons. The molecule has 3 fully saturated rings. The second-order valence-corrected chi connectivity index (χ2v) is 10.9. The van der Waals surface area contributed by atoms with Crippen molar-refractivity contribution in [2.75, 3.05) is 13.1 Å². The fourth-order valence-corrected chi connectivity index (χ4v) is 6.24. The molecule has 3 atom stereocenters. The van der Waals surface area contributed by atoms with E-state index >= 15 is 0 Å². The van der Waals surface area contributed by atoms with Gasteiger partial charge >= 0.3 is 6.18 Å². The SMILES string of the molecule is O=C1CC[C@H](N2Cc3cc(O[C@H]4CCCC[C@@H]4N4CC(c5ccc(C(F)(F)F)nc5)C4)ccc3C2=O)C(=O)N1. The second-order valence-electron chi connectivity index (χ2n) is 10.9. The summed E-state index contributed by atoms with van der Waals surface area (Å²) in [7, 11) is 0. The third kappa shape index (κ3) is 4.99. The number of benzene rings is 1.